The lowest BCUT2D eigenvalue weighted by atomic mass is 10.1. The van der Waals surface area contributed by atoms with Crippen molar-refractivity contribution in [2.45, 2.75) is 193 Å². The van der Waals surface area contributed by atoms with Gasteiger partial charge in [0, 0.05) is 19.4 Å². The molecular formula is C40H76NO8P. The highest BCUT2D eigenvalue weighted by atomic mass is 31.2. The fourth-order valence-electron chi connectivity index (χ4n) is 5.51. The first-order valence-electron chi connectivity index (χ1n) is 20.3. The van der Waals surface area contributed by atoms with Crippen LogP contribution in [0.5, 0.6) is 0 Å². The molecule has 0 aromatic carbocycles. The van der Waals surface area contributed by atoms with Crippen molar-refractivity contribution in [1.82, 2.24) is 0 Å². The third-order valence-corrected chi connectivity index (χ3v) is 9.54. The molecule has 0 saturated heterocycles. The summed E-state index contributed by atoms with van der Waals surface area (Å²) >= 11 is 0. The normalized spacial score (nSPS) is 13.6. The summed E-state index contributed by atoms with van der Waals surface area (Å²) in [6.45, 7) is 3.70. The Bertz CT molecular complexity index is 881. The van der Waals surface area contributed by atoms with Gasteiger partial charge in [-0.05, 0) is 64.2 Å². The van der Waals surface area contributed by atoms with E-state index in [4.69, 9.17) is 24.3 Å². The van der Waals surface area contributed by atoms with Gasteiger partial charge in [-0.3, -0.25) is 18.6 Å². The molecule has 0 fully saturated rings. The fraction of sp³-hybridized carbons (Fsp3) is 0.850. The summed E-state index contributed by atoms with van der Waals surface area (Å²) < 4.78 is 32.7. The molecule has 0 aromatic heterocycles. The molecule has 0 spiro atoms. The van der Waals surface area contributed by atoms with E-state index in [0.29, 0.717) is 6.42 Å². The van der Waals surface area contributed by atoms with Crippen LogP contribution in [0.25, 0.3) is 0 Å². The smallest absolute Gasteiger partial charge is 0.462 e. The Hall–Kier alpha value is -1.51. The van der Waals surface area contributed by atoms with Gasteiger partial charge in [0.05, 0.1) is 13.2 Å². The number of phosphoric acid groups is 1. The van der Waals surface area contributed by atoms with Crippen molar-refractivity contribution in [3.8, 4) is 0 Å². The van der Waals surface area contributed by atoms with E-state index >= 15 is 0 Å². The molecule has 0 aliphatic rings. The Morgan fingerprint density at radius 3 is 1.42 bits per heavy atom. The molecule has 3 N–H and O–H groups in total. The molecule has 0 aliphatic carbocycles. The van der Waals surface area contributed by atoms with Crippen LogP contribution >= 0.6 is 7.82 Å². The van der Waals surface area contributed by atoms with Crippen LogP contribution in [0.4, 0.5) is 0 Å². The maximum atomic E-state index is 12.5. The summed E-state index contributed by atoms with van der Waals surface area (Å²) in [5.74, 6) is -0.846. The maximum Gasteiger partial charge on any atom is 0.472 e. The highest BCUT2D eigenvalue weighted by molar-refractivity contribution is 7.47. The summed E-state index contributed by atoms with van der Waals surface area (Å²) in [6, 6.07) is 0. The number of nitrogens with two attached hydrogens (primary N) is 1. The molecule has 0 saturated carbocycles. The number of rotatable bonds is 38. The summed E-state index contributed by atoms with van der Waals surface area (Å²) in [6.07, 6.45) is 37.7. The number of esters is 2. The van der Waals surface area contributed by atoms with Gasteiger partial charge in [-0.15, -0.1) is 0 Å². The van der Waals surface area contributed by atoms with Crippen molar-refractivity contribution in [2.24, 2.45) is 5.73 Å². The van der Waals surface area contributed by atoms with Crippen molar-refractivity contribution in [2.75, 3.05) is 26.4 Å². The van der Waals surface area contributed by atoms with Gasteiger partial charge in [0.2, 0.25) is 0 Å². The number of carbonyl (C=O) groups excluding carboxylic acids is 2. The predicted octanol–water partition coefficient (Wildman–Crippen LogP) is 11.2. The van der Waals surface area contributed by atoms with Crippen LogP contribution in [0, 0.1) is 0 Å². The molecule has 0 bridgehead atoms. The van der Waals surface area contributed by atoms with Gasteiger partial charge < -0.3 is 20.1 Å². The molecule has 0 heterocycles. The SMILES string of the molecule is CCCCCCC/C=C\CCCCCCCC(=O)OC[C@H](COP(=O)(O)OCCN)OC(=O)CCCCCCC/C=C\CCCCCCCC. The van der Waals surface area contributed by atoms with Gasteiger partial charge in [0.25, 0.3) is 0 Å². The van der Waals surface area contributed by atoms with Crippen molar-refractivity contribution < 1.29 is 37.6 Å². The molecule has 0 aromatic rings. The molecule has 9 nitrogen and oxygen atoms in total. The third-order valence-electron chi connectivity index (χ3n) is 8.56. The lowest BCUT2D eigenvalue weighted by molar-refractivity contribution is -0.161. The zero-order valence-corrected chi connectivity index (χ0v) is 33.0. The first-order chi connectivity index (χ1) is 24.3. The highest BCUT2D eigenvalue weighted by Crippen LogP contribution is 2.43. The van der Waals surface area contributed by atoms with E-state index in [1.165, 1.54) is 83.5 Å². The lowest BCUT2D eigenvalue weighted by Crippen LogP contribution is -2.29. The van der Waals surface area contributed by atoms with Crippen LogP contribution in [-0.4, -0.2) is 49.3 Å². The number of hydrogen-bond acceptors (Lipinski definition) is 8. The monoisotopic (exact) mass is 730 g/mol. The zero-order valence-electron chi connectivity index (χ0n) is 32.1. The fourth-order valence-corrected chi connectivity index (χ4v) is 6.27. The van der Waals surface area contributed by atoms with Crippen LogP contribution in [0.2, 0.25) is 0 Å². The van der Waals surface area contributed by atoms with Crippen molar-refractivity contribution in [3.63, 3.8) is 0 Å². The number of hydrogen-bond donors (Lipinski definition) is 2. The van der Waals surface area contributed by atoms with E-state index in [1.54, 1.807) is 0 Å². The van der Waals surface area contributed by atoms with E-state index in [9.17, 15) is 19.0 Å². The number of carbonyl (C=O) groups is 2. The van der Waals surface area contributed by atoms with E-state index in [0.717, 1.165) is 70.6 Å². The van der Waals surface area contributed by atoms with Gasteiger partial charge in [-0.1, -0.05) is 134 Å². The summed E-state index contributed by atoms with van der Waals surface area (Å²) in [4.78, 5) is 34.8. The Morgan fingerprint density at radius 1 is 0.580 bits per heavy atom. The van der Waals surface area contributed by atoms with Crippen molar-refractivity contribution in [3.05, 3.63) is 24.3 Å². The Labute approximate surface area is 306 Å². The lowest BCUT2D eigenvalue weighted by Gasteiger charge is -2.19. The minimum absolute atomic E-state index is 0.0518. The summed E-state index contributed by atoms with van der Waals surface area (Å²) in [7, 11) is -4.37. The van der Waals surface area contributed by atoms with E-state index in [-0.39, 0.29) is 32.6 Å². The average molecular weight is 730 g/mol. The standard InChI is InChI=1S/C40H76NO8P/c1-3-5-7-9-11-13-15-17-19-21-23-25-27-29-31-33-40(43)49-38(37-48-50(44,45)47-35-34-41)36-46-39(42)32-30-28-26-24-22-20-18-16-14-12-10-8-6-4-2/h16-19,38H,3-15,20-37,41H2,1-2H3,(H,44,45)/b18-16-,19-17-/t38-/m1/s1. The van der Waals surface area contributed by atoms with Crippen LogP contribution in [0.3, 0.4) is 0 Å². The molecule has 0 amide bonds. The Kier molecular flexibility index (Phi) is 36.1. The van der Waals surface area contributed by atoms with E-state index < -0.39 is 32.5 Å². The number of phosphoric ester groups is 1. The Morgan fingerprint density at radius 2 is 0.980 bits per heavy atom. The first kappa shape index (κ1) is 48.5. The van der Waals surface area contributed by atoms with Crippen LogP contribution < -0.4 is 5.73 Å². The van der Waals surface area contributed by atoms with Crippen molar-refractivity contribution >= 4 is 19.8 Å². The summed E-state index contributed by atoms with van der Waals surface area (Å²) in [5.41, 5.74) is 5.33. The van der Waals surface area contributed by atoms with Gasteiger partial charge in [0.1, 0.15) is 6.61 Å². The second-order valence-electron chi connectivity index (χ2n) is 13.5. The van der Waals surface area contributed by atoms with E-state index in [1.807, 2.05) is 0 Å². The zero-order chi connectivity index (χ0) is 36.8. The quantitative estimate of drug-likeness (QED) is 0.0275. The average Bonchev–Trinajstić information content (AvgIpc) is 3.10. The molecule has 2 atom stereocenters. The van der Waals surface area contributed by atoms with Crippen LogP contribution in [0.1, 0.15) is 187 Å². The largest absolute Gasteiger partial charge is 0.472 e. The molecule has 0 radical (unpaired) electrons. The van der Waals surface area contributed by atoms with Gasteiger partial charge >= 0.3 is 19.8 Å². The molecule has 0 rings (SSSR count). The van der Waals surface area contributed by atoms with Gasteiger partial charge in [-0.2, -0.15) is 0 Å². The third kappa shape index (κ3) is 36.3. The van der Waals surface area contributed by atoms with Crippen molar-refractivity contribution in [1.29, 1.82) is 0 Å². The topological polar surface area (TPSA) is 134 Å². The number of allylic oxidation sites excluding steroid dienone is 4. The second-order valence-corrected chi connectivity index (χ2v) is 14.9. The van der Waals surface area contributed by atoms with Gasteiger partial charge in [-0.25, -0.2) is 4.57 Å². The molecule has 50 heavy (non-hydrogen) atoms. The van der Waals surface area contributed by atoms with Gasteiger partial charge in [0.15, 0.2) is 6.10 Å². The van der Waals surface area contributed by atoms with Crippen LogP contribution in [0.15, 0.2) is 24.3 Å². The highest BCUT2D eigenvalue weighted by Gasteiger charge is 2.25. The first-order valence-corrected chi connectivity index (χ1v) is 21.8. The second kappa shape index (κ2) is 37.3. The van der Waals surface area contributed by atoms with Crippen LogP contribution in [-0.2, 0) is 32.7 Å². The maximum absolute atomic E-state index is 12.5. The molecule has 10 heteroatoms. The number of ether oxygens (including phenoxy) is 2. The molecule has 0 aliphatic heterocycles. The Balaban J connectivity index is 4.21. The summed E-state index contributed by atoms with van der Waals surface area (Å²) in [5, 5.41) is 0. The van der Waals surface area contributed by atoms with E-state index in [2.05, 4.69) is 38.2 Å². The molecular weight excluding hydrogens is 653 g/mol. The number of unbranched alkanes of at least 4 members (excludes halogenated alkanes) is 21. The minimum Gasteiger partial charge on any atom is -0.462 e. The predicted molar refractivity (Wildman–Crippen MR) is 206 cm³/mol. The molecule has 1 unspecified atom stereocenters. The minimum atomic E-state index is -4.37. The molecule has 294 valence electrons.